The van der Waals surface area contributed by atoms with Gasteiger partial charge >= 0.3 is 5.97 Å². The SMILES string of the molecule is Cc1ccc(NC(C)C(=O)O)c(C)n1. The van der Waals surface area contributed by atoms with E-state index in [4.69, 9.17) is 5.11 Å². The highest BCUT2D eigenvalue weighted by molar-refractivity contribution is 5.76. The van der Waals surface area contributed by atoms with Crippen LogP contribution in [0.5, 0.6) is 0 Å². The number of aryl methyl sites for hydroxylation is 2. The Labute approximate surface area is 83.0 Å². The topological polar surface area (TPSA) is 62.2 Å². The molecule has 0 saturated heterocycles. The number of hydrogen-bond acceptors (Lipinski definition) is 3. The minimum Gasteiger partial charge on any atom is -0.480 e. The number of nitrogens with zero attached hydrogens (tertiary/aromatic N) is 1. The van der Waals surface area contributed by atoms with Gasteiger partial charge in [0.05, 0.1) is 11.4 Å². The first-order valence-electron chi connectivity index (χ1n) is 4.44. The number of carboxylic acids is 1. The van der Waals surface area contributed by atoms with E-state index in [2.05, 4.69) is 10.3 Å². The zero-order valence-corrected chi connectivity index (χ0v) is 8.53. The standard InChI is InChI=1S/C10H14N2O2/c1-6-4-5-9(7(2)11-6)12-8(3)10(13)14/h4-5,8,12H,1-3H3,(H,13,14). The lowest BCUT2D eigenvalue weighted by Gasteiger charge is -2.12. The van der Waals surface area contributed by atoms with Crippen LogP contribution in [0.1, 0.15) is 18.3 Å². The van der Waals surface area contributed by atoms with Crippen LogP contribution in [-0.4, -0.2) is 22.1 Å². The molecule has 2 N–H and O–H groups in total. The van der Waals surface area contributed by atoms with E-state index in [0.29, 0.717) is 0 Å². The summed E-state index contributed by atoms with van der Waals surface area (Å²) in [6.45, 7) is 5.35. The van der Waals surface area contributed by atoms with E-state index in [9.17, 15) is 4.79 Å². The summed E-state index contributed by atoms with van der Waals surface area (Å²) in [4.78, 5) is 14.8. The molecule has 1 unspecified atom stereocenters. The quantitative estimate of drug-likeness (QED) is 0.767. The maximum absolute atomic E-state index is 10.6. The fraction of sp³-hybridized carbons (Fsp3) is 0.400. The second kappa shape index (κ2) is 4.09. The average molecular weight is 194 g/mol. The van der Waals surface area contributed by atoms with Gasteiger partial charge in [0.2, 0.25) is 0 Å². The number of pyridine rings is 1. The number of anilines is 1. The summed E-state index contributed by atoms with van der Waals surface area (Å²) in [6, 6.07) is 3.10. The minimum atomic E-state index is -0.870. The van der Waals surface area contributed by atoms with Crippen LogP contribution in [0.15, 0.2) is 12.1 Å². The van der Waals surface area contributed by atoms with E-state index < -0.39 is 12.0 Å². The smallest absolute Gasteiger partial charge is 0.325 e. The fourth-order valence-corrected chi connectivity index (χ4v) is 1.13. The van der Waals surface area contributed by atoms with Crippen molar-refractivity contribution in [1.82, 2.24) is 4.98 Å². The third kappa shape index (κ3) is 2.45. The van der Waals surface area contributed by atoms with Gasteiger partial charge in [-0.3, -0.25) is 9.78 Å². The number of aliphatic carboxylic acids is 1. The van der Waals surface area contributed by atoms with E-state index in [1.807, 2.05) is 26.0 Å². The number of aromatic nitrogens is 1. The molecular formula is C10H14N2O2. The molecule has 1 aromatic heterocycles. The highest BCUT2D eigenvalue weighted by Gasteiger charge is 2.11. The molecule has 4 nitrogen and oxygen atoms in total. The van der Waals surface area contributed by atoms with Gasteiger partial charge in [-0.15, -0.1) is 0 Å². The average Bonchev–Trinajstić information content (AvgIpc) is 2.09. The van der Waals surface area contributed by atoms with Crippen LogP contribution in [0, 0.1) is 13.8 Å². The molecular weight excluding hydrogens is 180 g/mol. The normalized spacial score (nSPS) is 12.2. The molecule has 14 heavy (non-hydrogen) atoms. The fourth-order valence-electron chi connectivity index (χ4n) is 1.13. The lowest BCUT2D eigenvalue weighted by molar-refractivity contribution is -0.137. The van der Waals surface area contributed by atoms with Crippen molar-refractivity contribution in [3.63, 3.8) is 0 Å². The van der Waals surface area contributed by atoms with Crippen molar-refractivity contribution in [3.8, 4) is 0 Å². The second-order valence-corrected chi connectivity index (χ2v) is 3.29. The Bertz CT molecular complexity index is 350. The predicted molar refractivity (Wildman–Crippen MR) is 54.4 cm³/mol. The Hall–Kier alpha value is -1.58. The molecule has 0 spiro atoms. The minimum absolute atomic E-state index is 0.599. The first-order chi connectivity index (χ1) is 6.50. The molecule has 1 rings (SSSR count). The summed E-state index contributed by atoms with van der Waals surface area (Å²) >= 11 is 0. The van der Waals surface area contributed by atoms with Gasteiger partial charge in [-0.05, 0) is 32.9 Å². The summed E-state index contributed by atoms with van der Waals surface area (Å²) in [6.07, 6.45) is 0. The van der Waals surface area contributed by atoms with Crippen molar-refractivity contribution in [3.05, 3.63) is 23.5 Å². The third-order valence-corrected chi connectivity index (χ3v) is 1.97. The molecule has 76 valence electrons. The summed E-state index contributed by atoms with van der Waals surface area (Å²) in [7, 11) is 0. The van der Waals surface area contributed by atoms with Crippen molar-refractivity contribution in [2.24, 2.45) is 0 Å². The summed E-state index contributed by atoms with van der Waals surface area (Å²) in [5.74, 6) is -0.870. The number of hydrogen-bond donors (Lipinski definition) is 2. The van der Waals surface area contributed by atoms with E-state index in [1.165, 1.54) is 0 Å². The Kier molecular flexibility index (Phi) is 3.06. The summed E-state index contributed by atoms with van der Waals surface area (Å²) in [5, 5.41) is 11.6. The highest BCUT2D eigenvalue weighted by Crippen LogP contribution is 2.13. The maximum Gasteiger partial charge on any atom is 0.325 e. The number of carbonyl (C=O) groups is 1. The molecule has 0 aliphatic heterocycles. The lowest BCUT2D eigenvalue weighted by atomic mass is 10.2. The van der Waals surface area contributed by atoms with Crippen LogP contribution in [-0.2, 0) is 4.79 Å². The van der Waals surface area contributed by atoms with Gasteiger partial charge in [0.1, 0.15) is 6.04 Å². The van der Waals surface area contributed by atoms with Gasteiger partial charge in [-0.2, -0.15) is 0 Å². The van der Waals surface area contributed by atoms with Crippen molar-refractivity contribution < 1.29 is 9.90 Å². The Morgan fingerprint density at radius 1 is 1.50 bits per heavy atom. The van der Waals surface area contributed by atoms with E-state index in [0.717, 1.165) is 17.1 Å². The molecule has 0 bridgehead atoms. The molecule has 0 fully saturated rings. The molecule has 1 aromatic rings. The van der Waals surface area contributed by atoms with Crippen molar-refractivity contribution >= 4 is 11.7 Å². The van der Waals surface area contributed by atoms with Crippen molar-refractivity contribution in [1.29, 1.82) is 0 Å². The monoisotopic (exact) mass is 194 g/mol. The predicted octanol–water partition coefficient (Wildman–Crippen LogP) is 1.58. The van der Waals surface area contributed by atoms with Gasteiger partial charge in [0.25, 0.3) is 0 Å². The van der Waals surface area contributed by atoms with Crippen LogP contribution in [0.2, 0.25) is 0 Å². The third-order valence-electron chi connectivity index (χ3n) is 1.97. The lowest BCUT2D eigenvalue weighted by Crippen LogP contribution is -2.25. The van der Waals surface area contributed by atoms with Crippen LogP contribution < -0.4 is 5.32 Å². The van der Waals surface area contributed by atoms with Crippen LogP contribution >= 0.6 is 0 Å². The Morgan fingerprint density at radius 2 is 2.14 bits per heavy atom. The molecule has 0 aliphatic rings. The summed E-state index contributed by atoms with van der Waals surface area (Å²) < 4.78 is 0. The molecule has 0 aliphatic carbocycles. The van der Waals surface area contributed by atoms with Gasteiger partial charge in [0, 0.05) is 5.69 Å². The number of carboxylic acid groups (broad SMARTS) is 1. The first-order valence-corrected chi connectivity index (χ1v) is 4.44. The largest absolute Gasteiger partial charge is 0.480 e. The zero-order valence-electron chi connectivity index (χ0n) is 8.53. The maximum atomic E-state index is 10.6. The van der Waals surface area contributed by atoms with Crippen LogP contribution in [0.25, 0.3) is 0 Å². The molecule has 0 amide bonds. The van der Waals surface area contributed by atoms with E-state index in [-0.39, 0.29) is 0 Å². The Balaban J connectivity index is 2.82. The molecule has 1 atom stereocenters. The van der Waals surface area contributed by atoms with Crippen LogP contribution in [0.4, 0.5) is 5.69 Å². The highest BCUT2D eigenvalue weighted by atomic mass is 16.4. The summed E-state index contributed by atoms with van der Waals surface area (Å²) in [5.41, 5.74) is 2.51. The van der Waals surface area contributed by atoms with Gasteiger partial charge < -0.3 is 10.4 Å². The molecule has 0 radical (unpaired) electrons. The zero-order chi connectivity index (χ0) is 10.7. The first kappa shape index (κ1) is 10.5. The Morgan fingerprint density at radius 3 is 2.64 bits per heavy atom. The van der Waals surface area contributed by atoms with Crippen molar-refractivity contribution in [2.75, 3.05) is 5.32 Å². The van der Waals surface area contributed by atoms with Gasteiger partial charge in [-0.25, -0.2) is 0 Å². The van der Waals surface area contributed by atoms with E-state index >= 15 is 0 Å². The number of nitrogens with one attached hydrogen (secondary N) is 1. The molecule has 0 saturated carbocycles. The van der Waals surface area contributed by atoms with Gasteiger partial charge in [-0.1, -0.05) is 0 Å². The van der Waals surface area contributed by atoms with Gasteiger partial charge in [0.15, 0.2) is 0 Å². The molecule has 4 heteroatoms. The van der Waals surface area contributed by atoms with E-state index in [1.54, 1.807) is 6.92 Å². The van der Waals surface area contributed by atoms with Crippen LogP contribution in [0.3, 0.4) is 0 Å². The van der Waals surface area contributed by atoms with Crippen molar-refractivity contribution in [2.45, 2.75) is 26.8 Å². The second-order valence-electron chi connectivity index (χ2n) is 3.29. The molecule has 1 heterocycles. The number of rotatable bonds is 3. The molecule has 0 aromatic carbocycles.